The zero-order valence-electron chi connectivity index (χ0n) is 12.6. The molecule has 0 saturated heterocycles. The fourth-order valence-electron chi connectivity index (χ4n) is 2.42. The number of aryl methyl sites for hydroxylation is 1. The second-order valence-electron chi connectivity index (χ2n) is 5.28. The van der Waals surface area contributed by atoms with E-state index in [0.29, 0.717) is 6.42 Å². The number of thioether (sulfide) groups is 1. The van der Waals surface area contributed by atoms with Gasteiger partial charge in [-0.15, -0.1) is 23.7 Å². The lowest BCUT2D eigenvalue weighted by Gasteiger charge is -2.18. The third-order valence-electron chi connectivity index (χ3n) is 3.82. The Balaban J connectivity index is 0.00000220. The minimum absolute atomic E-state index is 0. The Kier molecular flexibility index (Phi) is 8.02. The normalized spacial score (nSPS) is 18.5. The topological polar surface area (TPSA) is 68.0 Å². The highest BCUT2D eigenvalue weighted by molar-refractivity contribution is 7.98. The van der Waals surface area contributed by atoms with Gasteiger partial charge in [0.05, 0.1) is 11.7 Å². The van der Waals surface area contributed by atoms with Crippen molar-refractivity contribution in [2.24, 2.45) is 11.7 Å². The molecule has 1 aromatic rings. The van der Waals surface area contributed by atoms with E-state index in [9.17, 15) is 4.79 Å². The van der Waals surface area contributed by atoms with Gasteiger partial charge in [-0.3, -0.25) is 4.79 Å². The monoisotopic (exact) mass is 349 g/mol. The molecule has 0 aliphatic heterocycles. The molecular weight excluding hydrogens is 326 g/mol. The molecule has 0 aromatic carbocycles. The Morgan fingerprint density at radius 2 is 2.38 bits per heavy atom. The van der Waals surface area contributed by atoms with Crippen molar-refractivity contribution in [2.45, 2.75) is 45.1 Å². The van der Waals surface area contributed by atoms with Gasteiger partial charge >= 0.3 is 0 Å². The number of thiazole rings is 1. The lowest BCUT2D eigenvalue weighted by Crippen LogP contribution is -2.36. The van der Waals surface area contributed by atoms with Crippen molar-refractivity contribution >= 4 is 46.5 Å². The van der Waals surface area contributed by atoms with Crippen LogP contribution in [0.25, 0.3) is 0 Å². The van der Waals surface area contributed by atoms with Gasteiger partial charge in [-0.2, -0.15) is 11.8 Å². The predicted molar refractivity (Wildman–Crippen MR) is 94.8 cm³/mol. The number of aromatic nitrogens is 1. The average Bonchev–Trinajstić information content (AvgIpc) is 2.85. The van der Waals surface area contributed by atoms with Crippen LogP contribution in [0.5, 0.6) is 0 Å². The molecule has 0 radical (unpaired) electrons. The minimum atomic E-state index is -0.438. The van der Waals surface area contributed by atoms with E-state index in [4.69, 9.17) is 5.73 Å². The molecule has 7 heteroatoms. The highest BCUT2D eigenvalue weighted by atomic mass is 35.5. The van der Waals surface area contributed by atoms with E-state index in [-0.39, 0.29) is 18.3 Å². The summed E-state index contributed by atoms with van der Waals surface area (Å²) in [6.45, 7) is 2.24. The molecule has 21 heavy (non-hydrogen) atoms. The second kappa shape index (κ2) is 8.98. The number of hydrogen-bond acceptors (Lipinski definition) is 5. The fourth-order valence-corrected chi connectivity index (χ4v) is 4.03. The molecule has 120 valence electrons. The predicted octanol–water partition coefficient (Wildman–Crippen LogP) is 3.10. The first-order valence-electron chi connectivity index (χ1n) is 7.18. The summed E-state index contributed by atoms with van der Waals surface area (Å²) < 4.78 is 0. The molecule has 1 aliphatic carbocycles. The van der Waals surface area contributed by atoms with Crippen molar-refractivity contribution in [3.8, 4) is 0 Å². The number of nitrogens with two attached hydrogens (primary N) is 1. The molecular formula is C14H24ClN3OS2. The molecule has 0 spiro atoms. The standard InChI is InChI=1S/C14H23N3OS2.ClH/c1-3-9-4-5-11-12(8-9)20-14(16-11)17-13(18)10(15)6-7-19-2;/h9-10H,3-8,15H2,1-2H3,(H,16,17,18);1H. The van der Waals surface area contributed by atoms with Gasteiger partial charge in [0.2, 0.25) is 5.91 Å². The summed E-state index contributed by atoms with van der Waals surface area (Å²) in [5.41, 5.74) is 7.04. The van der Waals surface area contributed by atoms with Crippen molar-refractivity contribution < 1.29 is 4.79 Å². The zero-order valence-corrected chi connectivity index (χ0v) is 15.0. The third kappa shape index (κ3) is 5.13. The van der Waals surface area contributed by atoms with Crippen LogP contribution in [-0.2, 0) is 17.6 Å². The largest absolute Gasteiger partial charge is 0.320 e. The number of fused-ring (bicyclic) bond motifs is 1. The van der Waals surface area contributed by atoms with E-state index in [1.54, 1.807) is 23.1 Å². The molecule has 3 N–H and O–H groups in total. The van der Waals surface area contributed by atoms with Gasteiger partial charge in [-0.25, -0.2) is 4.98 Å². The summed E-state index contributed by atoms with van der Waals surface area (Å²) in [7, 11) is 0. The Morgan fingerprint density at radius 3 is 3.05 bits per heavy atom. The number of halogens is 1. The van der Waals surface area contributed by atoms with Gasteiger partial charge in [0, 0.05) is 4.88 Å². The lowest BCUT2D eigenvalue weighted by molar-refractivity contribution is -0.117. The summed E-state index contributed by atoms with van der Waals surface area (Å²) in [6, 6.07) is -0.438. The van der Waals surface area contributed by atoms with Gasteiger partial charge in [-0.05, 0) is 43.6 Å². The van der Waals surface area contributed by atoms with Crippen molar-refractivity contribution in [1.29, 1.82) is 0 Å². The van der Waals surface area contributed by atoms with E-state index in [0.717, 1.165) is 29.6 Å². The molecule has 1 amide bonds. The molecule has 0 fully saturated rings. The van der Waals surface area contributed by atoms with Crippen LogP contribution in [0.15, 0.2) is 0 Å². The highest BCUT2D eigenvalue weighted by Gasteiger charge is 2.22. The van der Waals surface area contributed by atoms with Crippen LogP contribution in [0.1, 0.15) is 36.8 Å². The number of rotatable bonds is 6. The van der Waals surface area contributed by atoms with Gasteiger partial charge in [0.15, 0.2) is 5.13 Å². The Hall–Kier alpha value is -0.300. The SMILES string of the molecule is CCC1CCc2nc(NC(=O)C(N)CCSC)sc2C1.Cl. The summed E-state index contributed by atoms with van der Waals surface area (Å²) in [4.78, 5) is 17.9. The van der Waals surface area contributed by atoms with Crippen LogP contribution >= 0.6 is 35.5 Å². The maximum Gasteiger partial charge on any atom is 0.243 e. The number of nitrogens with zero attached hydrogens (tertiary/aromatic N) is 1. The molecule has 4 nitrogen and oxygen atoms in total. The number of hydrogen-bond donors (Lipinski definition) is 2. The van der Waals surface area contributed by atoms with Crippen molar-refractivity contribution in [1.82, 2.24) is 4.98 Å². The van der Waals surface area contributed by atoms with Crippen LogP contribution < -0.4 is 11.1 Å². The van der Waals surface area contributed by atoms with Crippen molar-refractivity contribution in [2.75, 3.05) is 17.3 Å². The number of carbonyl (C=O) groups excluding carboxylic acids is 1. The van der Waals surface area contributed by atoms with E-state index in [1.165, 1.54) is 23.4 Å². The lowest BCUT2D eigenvalue weighted by atomic mass is 9.89. The van der Waals surface area contributed by atoms with Gasteiger partial charge in [0.1, 0.15) is 0 Å². The summed E-state index contributed by atoms with van der Waals surface area (Å²) in [6.07, 6.45) is 7.31. The van der Waals surface area contributed by atoms with Gasteiger partial charge in [-0.1, -0.05) is 13.3 Å². The van der Waals surface area contributed by atoms with E-state index < -0.39 is 6.04 Å². The van der Waals surface area contributed by atoms with Crippen LogP contribution in [0.3, 0.4) is 0 Å². The number of carbonyl (C=O) groups is 1. The Bertz CT molecular complexity index is 467. The first kappa shape index (κ1) is 18.7. The Labute approximate surface area is 141 Å². The summed E-state index contributed by atoms with van der Waals surface area (Å²) in [5, 5.41) is 3.59. The Morgan fingerprint density at radius 1 is 1.62 bits per heavy atom. The molecule has 2 rings (SSSR count). The minimum Gasteiger partial charge on any atom is -0.320 e. The van der Waals surface area contributed by atoms with Crippen LogP contribution in [0.2, 0.25) is 0 Å². The van der Waals surface area contributed by atoms with Gasteiger partial charge in [0.25, 0.3) is 0 Å². The molecule has 1 heterocycles. The van der Waals surface area contributed by atoms with E-state index in [1.807, 2.05) is 6.26 Å². The molecule has 0 bridgehead atoms. The van der Waals surface area contributed by atoms with Gasteiger partial charge < -0.3 is 11.1 Å². The number of anilines is 1. The average molecular weight is 350 g/mol. The first-order chi connectivity index (χ1) is 9.63. The van der Waals surface area contributed by atoms with Crippen molar-refractivity contribution in [3.63, 3.8) is 0 Å². The summed E-state index contributed by atoms with van der Waals surface area (Å²) >= 11 is 3.33. The first-order valence-corrected chi connectivity index (χ1v) is 9.39. The second-order valence-corrected chi connectivity index (χ2v) is 7.35. The fraction of sp³-hybridized carbons (Fsp3) is 0.714. The maximum absolute atomic E-state index is 12.0. The number of amides is 1. The maximum atomic E-state index is 12.0. The number of nitrogens with one attached hydrogen (secondary N) is 1. The molecule has 2 unspecified atom stereocenters. The molecule has 2 atom stereocenters. The highest BCUT2D eigenvalue weighted by Crippen LogP contribution is 2.33. The van der Waals surface area contributed by atoms with Crippen molar-refractivity contribution in [3.05, 3.63) is 10.6 Å². The smallest absolute Gasteiger partial charge is 0.243 e. The molecule has 1 aromatic heterocycles. The zero-order chi connectivity index (χ0) is 14.5. The molecule has 1 aliphatic rings. The third-order valence-corrected chi connectivity index (χ3v) is 5.50. The summed E-state index contributed by atoms with van der Waals surface area (Å²) in [5.74, 6) is 1.56. The van der Waals surface area contributed by atoms with Crippen LogP contribution in [-0.4, -0.2) is 28.9 Å². The molecule has 0 saturated carbocycles. The quantitative estimate of drug-likeness (QED) is 0.828. The van der Waals surface area contributed by atoms with Crippen LogP contribution in [0.4, 0.5) is 5.13 Å². The van der Waals surface area contributed by atoms with E-state index in [2.05, 4.69) is 17.2 Å². The van der Waals surface area contributed by atoms with E-state index >= 15 is 0 Å². The van der Waals surface area contributed by atoms with Crippen LogP contribution in [0, 0.1) is 5.92 Å².